The van der Waals surface area contributed by atoms with Gasteiger partial charge < -0.3 is 0 Å². The fraction of sp³-hybridized carbons (Fsp3) is 0. The van der Waals surface area contributed by atoms with E-state index < -0.39 is 0 Å². The summed E-state index contributed by atoms with van der Waals surface area (Å²) in [4.78, 5) is 0. The molecule has 0 saturated heterocycles. The average molecular weight is 194 g/mol. The number of benzene rings is 1. The van der Waals surface area contributed by atoms with E-state index in [2.05, 4.69) is 43.5 Å². The second-order valence-electron chi connectivity index (χ2n) is 3.23. The maximum atomic E-state index is 3.71. The fourth-order valence-electron chi connectivity index (χ4n) is 1.35. The molecule has 0 aliphatic heterocycles. The third kappa shape index (κ3) is 4.32. The van der Waals surface area contributed by atoms with Gasteiger partial charge in [0.05, 0.1) is 0 Å². The standard InChI is InChI=1S/C14H15B/c1-3-5-10-13(9-4-2)15-14-11-7-6-8-12-14/h3-12,15H,1-2H2/b10-5-,13-9+. The summed E-state index contributed by atoms with van der Waals surface area (Å²) in [5.41, 5.74) is 2.54. The molecular formula is C14H15B. The Balaban J connectivity index is 2.76. The van der Waals surface area contributed by atoms with Crippen molar-refractivity contribution in [3.63, 3.8) is 0 Å². The molecule has 0 aliphatic carbocycles. The molecule has 1 heteroatoms. The van der Waals surface area contributed by atoms with Crippen LogP contribution in [0.2, 0.25) is 0 Å². The Kier molecular flexibility index (Phi) is 5.03. The lowest BCUT2D eigenvalue weighted by atomic mass is 9.63. The highest BCUT2D eigenvalue weighted by Gasteiger charge is 1.96. The maximum Gasteiger partial charge on any atom is 0.192 e. The monoisotopic (exact) mass is 194 g/mol. The zero-order valence-corrected chi connectivity index (χ0v) is 8.89. The molecular weight excluding hydrogens is 179 g/mol. The molecule has 0 aromatic heterocycles. The quantitative estimate of drug-likeness (QED) is 0.499. The van der Waals surface area contributed by atoms with Gasteiger partial charge in [0.1, 0.15) is 0 Å². The Hall–Kier alpha value is -1.76. The van der Waals surface area contributed by atoms with Gasteiger partial charge in [-0.15, -0.1) is 0 Å². The van der Waals surface area contributed by atoms with Gasteiger partial charge in [0.2, 0.25) is 0 Å². The third-order valence-corrected chi connectivity index (χ3v) is 2.03. The summed E-state index contributed by atoms with van der Waals surface area (Å²) >= 11 is 0. The second kappa shape index (κ2) is 6.66. The molecule has 0 bridgehead atoms. The molecule has 0 unspecified atom stereocenters. The fourth-order valence-corrected chi connectivity index (χ4v) is 1.35. The molecule has 74 valence electrons. The molecule has 0 heterocycles. The van der Waals surface area contributed by atoms with Crippen LogP contribution < -0.4 is 5.46 Å². The van der Waals surface area contributed by atoms with Crippen molar-refractivity contribution in [2.45, 2.75) is 0 Å². The molecule has 0 aliphatic rings. The highest BCUT2D eigenvalue weighted by molar-refractivity contribution is 6.61. The van der Waals surface area contributed by atoms with Crippen LogP contribution in [0.5, 0.6) is 0 Å². The van der Waals surface area contributed by atoms with E-state index in [0.29, 0.717) is 0 Å². The van der Waals surface area contributed by atoms with Crippen LogP contribution >= 0.6 is 0 Å². The van der Waals surface area contributed by atoms with Crippen LogP contribution in [0, 0.1) is 0 Å². The van der Waals surface area contributed by atoms with Gasteiger partial charge in [0, 0.05) is 0 Å². The van der Waals surface area contributed by atoms with E-state index in [9.17, 15) is 0 Å². The molecule has 1 rings (SSSR count). The van der Waals surface area contributed by atoms with Crippen molar-refractivity contribution in [2.24, 2.45) is 0 Å². The van der Waals surface area contributed by atoms with E-state index in [1.54, 1.807) is 6.08 Å². The first kappa shape index (κ1) is 11.3. The van der Waals surface area contributed by atoms with Crippen LogP contribution in [0.1, 0.15) is 0 Å². The molecule has 0 radical (unpaired) electrons. The summed E-state index contributed by atoms with van der Waals surface area (Å²) in [5, 5.41) is 0. The maximum absolute atomic E-state index is 3.71. The van der Waals surface area contributed by atoms with E-state index in [0.717, 1.165) is 7.28 Å². The van der Waals surface area contributed by atoms with E-state index in [1.165, 1.54) is 10.9 Å². The topological polar surface area (TPSA) is 0 Å². The zero-order valence-electron chi connectivity index (χ0n) is 8.89. The van der Waals surface area contributed by atoms with Gasteiger partial charge in [-0.2, -0.15) is 0 Å². The van der Waals surface area contributed by atoms with Gasteiger partial charge in [-0.05, 0) is 0 Å². The third-order valence-electron chi connectivity index (χ3n) is 2.03. The Labute approximate surface area is 92.6 Å². The first-order valence-corrected chi connectivity index (χ1v) is 5.01. The normalized spacial score (nSPS) is 11.3. The summed E-state index contributed by atoms with van der Waals surface area (Å²) < 4.78 is 0. The van der Waals surface area contributed by atoms with Gasteiger partial charge in [-0.25, -0.2) is 0 Å². The van der Waals surface area contributed by atoms with Crippen LogP contribution in [0.25, 0.3) is 0 Å². The molecule has 0 amide bonds. The summed E-state index contributed by atoms with van der Waals surface area (Å²) in [6.45, 7) is 7.37. The van der Waals surface area contributed by atoms with Crippen LogP contribution in [-0.4, -0.2) is 7.28 Å². The molecule has 1 aromatic carbocycles. The highest BCUT2D eigenvalue weighted by Crippen LogP contribution is 1.96. The predicted octanol–water partition coefficient (Wildman–Crippen LogP) is 2.56. The summed E-state index contributed by atoms with van der Waals surface area (Å²) in [6, 6.07) is 10.4. The SMILES string of the molecule is C=C/C=C\C(Bc1ccccc1)=C/C=C. The Bertz CT molecular complexity index is 372. The minimum Gasteiger partial charge on any atom is -0.0991 e. The summed E-state index contributed by atoms with van der Waals surface area (Å²) in [7, 11) is 0.928. The second-order valence-corrected chi connectivity index (χ2v) is 3.23. The van der Waals surface area contributed by atoms with Crippen LogP contribution in [-0.2, 0) is 0 Å². The van der Waals surface area contributed by atoms with E-state index in [1.807, 2.05) is 24.3 Å². The molecule has 0 saturated carbocycles. The average Bonchev–Trinajstić information content (AvgIpc) is 2.28. The van der Waals surface area contributed by atoms with Crippen molar-refractivity contribution >= 4 is 12.7 Å². The Morgan fingerprint density at radius 2 is 1.80 bits per heavy atom. The van der Waals surface area contributed by atoms with Crippen molar-refractivity contribution < 1.29 is 0 Å². The molecule has 0 spiro atoms. The number of hydrogen-bond donors (Lipinski definition) is 0. The number of allylic oxidation sites excluding steroid dienone is 6. The number of rotatable bonds is 5. The molecule has 0 fully saturated rings. The van der Waals surface area contributed by atoms with Crippen LogP contribution in [0.15, 0.2) is 79.3 Å². The minimum absolute atomic E-state index is 0.928. The van der Waals surface area contributed by atoms with Crippen molar-refractivity contribution in [1.82, 2.24) is 0 Å². The largest absolute Gasteiger partial charge is 0.192 e. The lowest BCUT2D eigenvalue weighted by molar-refractivity contribution is 1.75. The van der Waals surface area contributed by atoms with Crippen molar-refractivity contribution in [1.29, 1.82) is 0 Å². The van der Waals surface area contributed by atoms with Gasteiger partial charge in [0.25, 0.3) is 0 Å². The summed E-state index contributed by atoms with van der Waals surface area (Å²) in [6.07, 6.45) is 9.61. The van der Waals surface area contributed by atoms with E-state index in [-0.39, 0.29) is 0 Å². The van der Waals surface area contributed by atoms with Crippen molar-refractivity contribution in [3.05, 3.63) is 79.3 Å². The van der Waals surface area contributed by atoms with Crippen molar-refractivity contribution in [2.75, 3.05) is 0 Å². The molecule has 15 heavy (non-hydrogen) atoms. The first-order valence-electron chi connectivity index (χ1n) is 5.01. The molecule has 0 atom stereocenters. The summed E-state index contributed by atoms with van der Waals surface area (Å²) in [5.74, 6) is 0. The van der Waals surface area contributed by atoms with Gasteiger partial charge in [-0.1, -0.05) is 84.8 Å². The first-order chi connectivity index (χ1) is 7.36. The predicted molar refractivity (Wildman–Crippen MR) is 70.8 cm³/mol. The number of hydrogen-bond acceptors (Lipinski definition) is 0. The molecule has 1 aromatic rings. The van der Waals surface area contributed by atoms with Crippen molar-refractivity contribution in [3.8, 4) is 0 Å². The molecule has 0 N–H and O–H groups in total. The smallest absolute Gasteiger partial charge is 0.0991 e. The lowest BCUT2D eigenvalue weighted by Crippen LogP contribution is -2.14. The molecule has 0 nitrogen and oxygen atoms in total. The van der Waals surface area contributed by atoms with E-state index in [4.69, 9.17) is 0 Å². The minimum atomic E-state index is 0.928. The van der Waals surface area contributed by atoms with Gasteiger partial charge >= 0.3 is 0 Å². The van der Waals surface area contributed by atoms with Crippen LogP contribution in [0.3, 0.4) is 0 Å². The van der Waals surface area contributed by atoms with Crippen LogP contribution in [0.4, 0.5) is 0 Å². The van der Waals surface area contributed by atoms with Gasteiger partial charge in [0.15, 0.2) is 7.28 Å². The van der Waals surface area contributed by atoms with E-state index >= 15 is 0 Å². The highest BCUT2D eigenvalue weighted by atomic mass is 13.8. The lowest BCUT2D eigenvalue weighted by Gasteiger charge is -1.99. The Morgan fingerprint density at radius 1 is 1.07 bits per heavy atom. The van der Waals surface area contributed by atoms with Gasteiger partial charge in [-0.3, -0.25) is 0 Å². The zero-order chi connectivity index (χ0) is 10.9. The Morgan fingerprint density at radius 3 is 2.40 bits per heavy atom.